The zero-order valence-electron chi connectivity index (χ0n) is 13.8. The molecule has 1 aliphatic rings. The highest BCUT2D eigenvalue weighted by Crippen LogP contribution is 2.30. The van der Waals surface area contributed by atoms with Gasteiger partial charge in [-0.2, -0.15) is 0 Å². The van der Waals surface area contributed by atoms with Crippen molar-refractivity contribution in [3.63, 3.8) is 0 Å². The summed E-state index contributed by atoms with van der Waals surface area (Å²) in [6.07, 6.45) is 0.690. The van der Waals surface area contributed by atoms with Crippen LogP contribution in [0.1, 0.15) is 32.3 Å². The fraction of sp³-hybridized carbons (Fsp3) is 0.529. The number of benzene rings is 1. The number of aromatic hydroxyl groups is 2. The second-order valence-electron chi connectivity index (χ2n) is 6.19. The Labute approximate surface area is 140 Å². The van der Waals surface area contributed by atoms with Crippen LogP contribution in [-0.2, 0) is 25.5 Å². The van der Waals surface area contributed by atoms with Gasteiger partial charge >= 0.3 is 11.9 Å². The second kappa shape index (κ2) is 7.53. The Morgan fingerprint density at radius 3 is 2.38 bits per heavy atom. The first-order chi connectivity index (χ1) is 11.3. The molecule has 0 spiro atoms. The summed E-state index contributed by atoms with van der Waals surface area (Å²) in [6.45, 7) is 3.31. The molecule has 0 aliphatic heterocycles. The highest BCUT2D eigenvalue weighted by atomic mass is 16.6. The first kappa shape index (κ1) is 18.1. The largest absolute Gasteiger partial charge is 0.504 e. The number of phenolic OH excluding ortho intramolecular Hbond substituents is 2. The number of rotatable bonds is 7. The third kappa shape index (κ3) is 4.86. The number of ether oxygens (including phenoxy) is 2. The molecule has 1 fully saturated rings. The Kier molecular flexibility index (Phi) is 5.66. The third-order valence-corrected chi connectivity index (χ3v) is 3.97. The summed E-state index contributed by atoms with van der Waals surface area (Å²) >= 11 is 0. The molecule has 7 nitrogen and oxygen atoms in total. The van der Waals surface area contributed by atoms with E-state index in [0.29, 0.717) is 5.56 Å². The van der Waals surface area contributed by atoms with Crippen LogP contribution in [0.2, 0.25) is 0 Å². The summed E-state index contributed by atoms with van der Waals surface area (Å²) in [6, 6.07) is 3.30. The quantitative estimate of drug-likeness (QED) is 0.506. The monoisotopic (exact) mass is 337 g/mol. The van der Waals surface area contributed by atoms with E-state index in [4.69, 9.17) is 15.2 Å². The van der Waals surface area contributed by atoms with E-state index in [0.717, 1.165) is 12.8 Å². The molecule has 132 valence electrons. The van der Waals surface area contributed by atoms with Gasteiger partial charge in [0.25, 0.3) is 0 Å². The SMILES string of the molecule is CC(OC(=O)C1CC1)[C@H](C)OC(=O)[C@@H](N)Cc1ccc(O)c(O)c1. The van der Waals surface area contributed by atoms with Crippen LogP contribution in [-0.4, -0.2) is 40.4 Å². The predicted molar refractivity (Wildman–Crippen MR) is 85.3 cm³/mol. The average molecular weight is 337 g/mol. The summed E-state index contributed by atoms with van der Waals surface area (Å²) in [4.78, 5) is 23.7. The van der Waals surface area contributed by atoms with Crippen molar-refractivity contribution in [1.29, 1.82) is 0 Å². The second-order valence-corrected chi connectivity index (χ2v) is 6.19. The van der Waals surface area contributed by atoms with Gasteiger partial charge in [-0.3, -0.25) is 9.59 Å². The van der Waals surface area contributed by atoms with Crippen molar-refractivity contribution in [2.45, 2.75) is 51.4 Å². The van der Waals surface area contributed by atoms with Gasteiger partial charge in [0.15, 0.2) is 11.5 Å². The maximum absolute atomic E-state index is 12.0. The van der Waals surface area contributed by atoms with Crippen LogP contribution in [0.15, 0.2) is 18.2 Å². The molecule has 4 N–H and O–H groups in total. The minimum atomic E-state index is -0.928. The van der Waals surface area contributed by atoms with Gasteiger partial charge < -0.3 is 25.4 Å². The summed E-state index contributed by atoms with van der Waals surface area (Å²) in [5.74, 6) is -1.41. The van der Waals surface area contributed by atoms with E-state index in [9.17, 15) is 19.8 Å². The Bertz CT molecular complexity index is 613. The van der Waals surface area contributed by atoms with Crippen LogP contribution in [0.25, 0.3) is 0 Å². The standard InChI is InChI=1S/C17H23NO6/c1-9(23-16(21)12-4-5-12)10(2)24-17(22)13(18)7-11-3-6-14(19)15(20)8-11/h3,6,8-10,12-13,19-20H,4-5,7,18H2,1-2H3/t9?,10-,13-/m0/s1. The average Bonchev–Trinajstić information content (AvgIpc) is 3.35. The molecule has 7 heteroatoms. The molecule has 1 saturated carbocycles. The molecular formula is C17H23NO6. The lowest BCUT2D eigenvalue weighted by atomic mass is 10.1. The van der Waals surface area contributed by atoms with E-state index >= 15 is 0 Å². The normalized spacial score (nSPS) is 17.6. The van der Waals surface area contributed by atoms with E-state index in [1.54, 1.807) is 19.9 Å². The molecule has 1 aromatic carbocycles. The van der Waals surface area contributed by atoms with E-state index in [2.05, 4.69) is 0 Å². The van der Waals surface area contributed by atoms with Crippen molar-refractivity contribution in [2.24, 2.45) is 11.7 Å². The van der Waals surface area contributed by atoms with Crippen molar-refractivity contribution in [2.75, 3.05) is 0 Å². The van der Waals surface area contributed by atoms with E-state index in [1.807, 2.05) is 0 Å². The minimum absolute atomic E-state index is 0.0141. The summed E-state index contributed by atoms with van der Waals surface area (Å²) in [7, 11) is 0. The lowest BCUT2D eigenvalue weighted by Crippen LogP contribution is -2.39. The van der Waals surface area contributed by atoms with Crippen LogP contribution in [0.5, 0.6) is 11.5 Å². The molecule has 1 aromatic rings. The zero-order chi connectivity index (χ0) is 17.9. The first-order valence-corrected chi connectivity index (χ1v) is 7.95. The molecule has 0 saturated heterocycles. The topological polar surface area (TPSA) is 119 Å². The van der Waals surface area contributed by atoms with Crippen LogP contribution in [0.3, 0.4) is 0 Å². The number of carbonyl (C=O) groups is 2. The van der Waals surface area contributed by atoms with Crippen molar-refractivity contribution < 1.29 is 29.3 Å². The highest BCUT2D eigenvalue weighted by Gasteiger charge is 2.33. The van der Waals surface area contributed by atoms with E-state index in [-0.39, 0.29) is 29.8 Å². The summed E-state index contributed by atoms with van der Waals surface area (Å²) < 4.78 is 10.5. The summed E-state index contributed by atoms with van der Waals surface area (Å²) in [5, 5.41) is 18.7. The maximum Gasteiger partial charge on any atom is 0.323 e. The number of esters is 2. The molecule has 24 heavy (non-hydrogen) atoms. The van der Waals surface area contributed by atoms with Gasteiger partial charge in [-0.25, -0.2) is 0 Å². The Morgan fingerprint density at radius 2 is 1.79 bits per heavy atom. The predicted octanol–water partition coefficient (Wildman–Crippen LogP) is 1.24. The molecule has 0 amide bonds. The zero-order valence-corrected chi connectivity index (χ0v) is 13.8. The highest BCUT2D eigenvalue weighted by molar-refractivity contribution is 5.76. The number of hydrogen-bond acceptors (Lipinski definition) is 7. The van der Waals surface area contributed by atoms with Crippen LogP contribution in [0, 0.1) is 5.92 Å². The molecular weight excluding hydrogens is 314 g/mol. The first-order valence-electron chi connectivity index (χ1n) is 7.95. The smallest absolute Gasteiger partial charge is 0.323 e. The van der Waals surface area contributed by atoms with Crippen molar-refractivity contribution in [1.82, 2.24) is 0 Å². The Morgan fingerprint density at radius 1 is 1.17 bits per heavy atom. The van der Waals surface area contributed by atoms with Gasteiger partial charge in [-0.1, -0.05) is 6.07 Å². The van der Waals surface area contributed by atoms with Gasteiger partial charge in [-0.05, 0) is 50.8 Å². The van der Waals surface area contributed by atoms with Crippen molar-refractivity contribution in [3.05, 3.63) is 23.8 Å². The molecule has 2 rings (SSSR count). The van der Waals surface area contributed by atoms with Crippen LogP contribution >= 0.6 is 0 Å². The van der Waals surface area contributed by atoms with Crippen molar-refractivity contribution in [3.8, 4) is 11.5 Å². The molecule has 0 heterocycles. The third-order valence-electron chi connectivity index (χ3n) is 3.97. The lowest BCUT2D eigenvalue weighted by molar-refractivity contribution is -0.167. The lowest BCUT2D eigenvalue weighted by Gasteiger charge is -2.22. The van der Waals surface area contributed by atoms with Crippen LogP contribution < -0.4 is 5.73 Å². The van der Waals surface area contributed by atoms with E-state index in [1.165, 1.54) is 12.1 Å². The molecule has 0 radical (unpaired) electrons. The van der Waals surface area contributed by atoms with Gasteiger partial charge in [0.05, 0.1) is 5.92 Å². The molecule has 0 bridgehead atoms. The van der Waals surface area contributed by atoms with Gasteiger partial charge in [0.1, 0.15) is 18.2 Å². The molecule has 1 unspecified atom stereocenters. The number of phenols is 2. The van der Waals surface area contributed by atoms with Gasteiger partial charge in [0, 0.05) is 0 Å². The molecule has 0 aromatic heterocycles. The Hall–Kier alpha value is -2.28. The molecule has 1 aliphatic carbocycles. The fourth-order valence-corrected chi connectivity index (χ4v) is 2.09. The summed E-state index contributed by atoms with van der Waals surface area (Å²) in [5.41, 5.74) is 6.41. The number of hydrogen-bond donors (Lipinski definition) is 3. The maximum atomic E-state index is 12.0. The van der Waals surface area contributed by atoms with Crippen molar-refractivity contribution >= 4 is 11.9 Å². The van der Waals surface area contributed by atoms with Gasteiger partial charge in [0.2, 0.25) is 0 Å². The van der Waals surface area contributed by atoms with Gasteiger partial charge in [-0.15, -0.1) is 0 Å². The number of carbonyl (C=O) groups excluding carboxylic acids is 2. The minimum Gasteiger partial charge on any atom is -0.504 e. The molecule has 3 atom stereocenters. The van der Waals surface area contributed by atoms with E-state index < -0.39 is 24.2 Å². The Balaban J connectivity index is 1.83. The number of nitrogens with two attached hydrogens (primary N) is 1. The van der Waals surface area contributed by atoms with Crippen LogP contribution in [0.4, 0.5) is 0 Å². The fourth-order valence-electron chi connectivity index (χ4n) is 2.09.